The van der Waals surface area contributed by atoms with Crippen molar-refractivity contribution in [2.45, 2.75) is 49.5 Å². The Morgan fingerprint density at radius 2 is 1.55 bits per heavy atom. The van der Waals surface area contributed by atoms with E-state index in [2.05, 4.69) is 22.0 Å². The smallest absolute Gasteiger partial charge is 0.242 e. The van der Waals surface area contributed by atoms with Gasteiger partial charge in [0.25, 0.3) is 0 Å². The second kappa shape index (κ2) is 11.1. The quantitative estimate of drug-likeness (QED) is 0.597. The standard InChI is InChI=1S/C23H31N3O2S.2ClH/c1-25(2)29(27,28)23-10-7-19(8-11-23)20-6-9-21(24-17-20)16-18-12-14-26(15-13-18)22-4-3-5-22;;/h6-11,17-18,22H,3-5,12-16H2,1-2H3;2*1H. The lowest BCUT2D eigenvalue weighted by molar-refractivity contribution is 0.0845. The first-order valence-corrected chi connectivity index (χ1v) is 12.1. The molecule has 0 bridgehead atoms. The summed E-state index contributed by atoms with van der Waals surface area (Å²) in [5.74, 6) is 0.736. The van der Waals surface area contributed by atoms with Gasteiger partial charge in [0.05, 0.1) is 4.90 Å². The zero-order valence-electron chi connectivity index (χ0n) is 18.2. The van der Waals surface area contributed by atoms with Crippen LogP contribution in [-0.4, -0.2) is 55.8 Å². The maximum Gasteiger partial charge on any atom is 0.242 e. The van der Waals surface area contributed by atoms with E-state index in [1.165, 1.54) is 49.5 Å². The summed E-state index contributed by atoms with van der Waals surface area (Å²) >= 11 is 0. The number of hydrogen-bond donors (Lipinski definition) is 0. The highest BCUT2D eigenvalue weighted by molar-refractivity contribution is 7.89. The lowest BCUT2D eigenvalue weighted by Gasteiger charge is -2.41. The largest absolute Gasteiger partial charge is 0.300 e. The summed E-state index contributed by atoms with van der Waals surface area (Å²) in [6.45, 7) is 2.49. The first-order valence-electron chi connectivity index (χ1n) is 10.7. The maximum absolute atomic E-state index is 12.2. The first kappa shape index (κ1) is 26.1. The van der Waals surface area contributed by atoms with Crippen LogP contribution in [0, 0.1) is 5.92 Å². The molecule has 1 aromatic heterocycles. The summed E-state index contributed by atoms with van der Waals surface area (Å²) in [6, 6.07) is 12.1. The number of sulfonamides is 1. The van der Waals surface area contributed by atoms with Crippen LogP contribution in [0.2, 0.25) is 0 Å². The molecular weight excluding hydrogens is 453 g/mol. The van der Waals surface area contributed by atoms with E-state index < -0.39 is 10.0 Å². The SMILES string of the molecule is CN(C)S(=O)(=O)c1ccc(-c2ccc(CC3CCN(C4CCC4)CC3)nc2)cc1.Cl.Cl. The summed E-state index contributed by atoms with van der Waals surface area (Å²) in [6.07, 6.45) is 9.73. The zero-order valence-corrected chi connectivity index (χ0v) is 20.7. The fraction of sp³-hybridized carbons (Fsp3) is 0.522. The van der Waals surface area contributed by atoms with E-state index in [0.717, 1.165) is 35.2 Å². The van der Waals surface area contributed by atoms with Crippen molar-refractivity contribution >= 4 is 34.8 Å². The van der Waals surface area contributed by atoms with E-state index in [9.17, 15) is 8.42 Å². The van der Waals surface area contributed by atoms with Crippen molar-refractivity contribution in [2.24, 2.45) is 5.92 Å². The van der Waals surface area contributed by atoms with Crippen LogP contribution >= 0.6 is 24.8 Å². The lowest BCUT2D eigenvalue weighted by Crippen LogP contribution is -2.45. The van der Waals surface area contributed by atoms with Crippen LogP contribution in [0.15, 0.2) is 47.5 Å². The van der Waals surface area contributed by atoms with Crippen molar-refractivity contribution in [1.82, 2.24) is 14.2 Å². The van der Waals surface area contributed by atoms with Crippen LogP contribution in [0.1, 0.15) is 37.8 Å². The summed E-state index contributed by atoms with van der Waals surface area (Å²) < 4.78 is 25.6. The fourth-order valence-corrected chi connectivity index (χ4v) is 5.22. The fourth-order valence-electron chi connectivity index (χ4n) is 4.32. The Hall–Kier alpha value is -1.18. The van der Waals surface area contributed by atoms with Gasteiger partial charge in [-0.3, -0.25) is 4.98 Å². The van der Waals surface area contributed by atoms with Gasteiger partial charge in [0, 0.05) is 37.6 Å². The molecule has 5 nitrogen and oxygen atoms in total. The minimum absolute atomic E-state index is 0. The topological polar surface area (TPSA) is 53.5 Å². The second-order valence-electron chi connectivity index (χ2n) is 8.62. The Balaban J connectivity index is 0.00000171. The zero-order chi connectivity index (χ0) is 20.4. The maximum atomic E-state index is 12.2. The molecule has 0 unspecified atom stereocenters. The number of aromatic nitrogens is 1. The third kappa shape index (κ3) is 5.99. The summed E-state index contributed by atoms with van der Waals surface area (Å²) in [5, 5.41) is 0. The van der Waals surface area contributed by atoms with E-state index in [-0.39, 0.29) is 24.8 Å². The number of rotatable bonds is 6. The van der Waals surface area contributed by atoms with Crippen molar-refractivity contribution in [3.63, 3.8) is 0 Å². The molecule has 2 heterocycles. The Morgan fingerprint density at radius 1 is 0.935 bits per heavy atom. The number of pyridine rings is 1. The molecule has 1 aromatic carbocycles. The van der Waals surface area contributed by atoms with Crippen molar-refractivity contribution in [3.8, 4) is 11.1 Å². The van der Waals surface area contributed by atoms with Gasteiger partial charge in [0.1, 0.15) is 0 Å². The van der Waals surface area contributed by atoms with Crippen molar-refractivity contribution < 1.29 is 8.42 Å². The molecule has 1 aliphatic heterocycles. The van der Waals surface area contributed by atoms with E-state index in [4.69, 9.17) is 0 Å². The van der Waals surface area contributed by atoms with Crippen LogP contribution in [0.4, 0.5) is 0 Å². The second-order valence-corrected chi connectivity index (χ2v) is 10.8. The van der Waals surface area contributed by atoms with Gasteiger partial charge in [-0.15, -0.1) is 24.8 Å². The average molecular weight is 487 g/mol. The van der Waals surface area contributed by atoms with Gasteiger partial charge in [-0.1, -0.05) is 24.6 Å². The summed E-state index contributed by atoms with van der Waals surface area (Å²) in [4.78, 5) is 7.69. The molecule has 172 valence electrons. The minimum atomic E-state index is -3.39. The van der Waals surface area contributed by atoms with E-state index in [1.807, 2.05) is 18.3 Å². The highest BCUT2D eigenvalue weighted by Gasteiger charge is 2.28. The Bertz CT molecular complexity index is 922. The average Bonchev–Trinajstić information content (AvgIpc) is 2.69. The molecule has 1 saturated carbocycles. The van der Waals surface area contributed by atoms with Crippen molar-refractivity contribution in [1.29, 1.82) is 0 Å². The Kier molecular flexibility index (Phi) is 9.34. The number of halogens is 2. The van der Waals surface area contributed by atoms with Crippen LogP contribution < -0.4 is 0 Å². The van der Waals surface area contributed by atoms with Crippen LogP contribution in [0.25, 0.3) is 11.1 Å². The number of hydrogen-bond acceptors (Lipinski definition) is 4. The van der Waals surface area contributed by atoms with E-state index in [1.54, 1.807) is 26.2 Å². The Morgan fingerprint density at radius 3 is 2.03 bits per heavy atom. The predicted molar refractivity (Wildman–Crippen MR) is 131 cm³/mol. The highest BCUT2D eigenvalue weighted by atomic mass is 35.5. The van der Waals surface area contributed by atoms with Gasteiger partial charge in [0.2, 0.25) is 10.0 Å². The summed E-state index contributed by atoms with van der Waals surface area (Å²) in [7, 11) is -0.303. The van der Waals surface area contributed by atoms with E-state index >= 15 is 0 Å². The monoisotopic (exact) mass is 485 g/mol. The predicted octanol–water partition coefficient (Wildman–Crippen LogP) is 4.65. The van der Waals surface area contributed by atoms with Crippen molar-refractivity contribution in [3.05, 3.63) is 48.3 Å². The van der Waals surface area contributed by atoms with Gasteiger partial charge >= 0.3 is 0 Å². The van der Waals surface area contributed by atoms with Crippen LogP contribution in [0.5, 0.6) is 0 Å². The summed E-state index contributed by atoms with van der Waals surface area (Å²) in [5.41, 5.74) is 3.15. The third-order valence-electron chi connectivity index (χ3n) is 6.53. The molecule has 2 aromatic rings. The molecule has 0 radical (unpaired) electrons. The van der Waals surface area contributed by atoms with Crippen LogP contribution in [0.3, 0.4) is 0 Å². The molecule has 0 spiro atoms. The molecule has 8 heteroatoms. The normalized spacial score (nSPS) is 18.2. The van der Waals surface area contributed by atoms with Gasteiger partial charge in [-0.05, 0) is 74.9 Å². The third-order valence-corrected chi connectivity index (χ3v) is 8.36. The molecule has 0 N–H and O–H groups in total. The molecule has 31 heavy (non-hydrogen) atoms. The van der Waals surface area contributed by atoms with Gasteiger partial charge in [0.15, 0.2) is 0 Å². The van der Waals surface area contributed by atoms with E-state index in [0.29, 0.717) is 4.90 Å². The molecule has 2 fully saturated rings. The minimum Gasteiger partial charge on any atom is -0.300 e. The van der Waals surface area contributed by atoms with Crippen LogP contribution in [-0.2, 0) is 16.4 Å². The molecule has 4 rings (SSSR count). The van der Waals surface area contributed by atoms with Gasteiger partial charge in [-0.2, -0.15) is 0 Å². The van der Waals surface area contributed by atoms with Gasteiger partial charge in [-0.25, -0.2) is 12.7 Å². The molecule has 0 amide bonds. The molecular formula is C23H33Cl2N3O2S. The highest BCUT2D eigenvalue weighted by Crippen LogP contribution is 2.30. The van der Waals surface area contributed by atoms with Gasteiger partial charge < -0.3 is 4.90 Å². The molecule has 1 saturated heterocycles. The van der Waals surface area contributed by atoms with Crippen molar-refractivity contribution in [2.75, 3.05) is 27.2 Å². The number of benzene rings is 1. The molecule has 0 atom stereocenters. The first-order chi connectivity index (χ1) is 13.9. The number of likely N-dealkylation sites (tertiary alicyclic amines) is 1. The molecule has 2 aliphatic rings. The Labute approximate surface area is 199 Å². The number of nitrogens with zero attached hydrogens (tertiary/aromatic N) is 3. The lowest BCUT2D eigenvalue weighted by atomic mass is 9.86. The number of piperidine rings is 1. The molecule has 1 aliphatic carbocycles.